The smallest absolute Gasteiger partial charge is 0.266 e. The van der Waals surface area contributed by atoms with Crippen LogP contribution in [0.4, 0.5) is 5.95 Å². The van der Waals surface area contributed by atoms with Crippen molar-refractivity contribution < 1.29 is 0 Å². The van der Waals surface area contributed by atoms with Crippen LogP contribution < -0.4 is 4.90 Å². The summed E-state index contributed by atoms with van der Waals surface area (Å²) in [5.74, 6) is 0.587. The van der Waals surface area contributed by atoms with Crippen LogP contribution in [0.15, 0.2) is 36.7 Å². The van der Waals surface area contributed by atoms with Gasteiger partial charge in [-0.3, -0.25) is 9.88 Å². The number of benzene rings is 1. The highest BCUT2D eigenvalue weighted by atomic mass is 35.5. The van der Waals surface area contributed by atoms with Crippen LogP contribution in [-0.2, 0) is 0 Å². The molecule has 1 fully saturated rings. The molecule has 3 heterocycles. The van der Waals surface area contributed by atoms with Gasteiger partial charge in [-0.25, -0.2) is 4.98 Å². The van der Waals surface area contributed by atoms with Gasteiger partial charge in [-0.2, -0.15) is 5.26 Å². The minimum absolute atomic E-state index is 0.0144. The topological polar surface area (TPSA) is 99.6 Å². The van der Waals surface area contributed by atoms with E-state index in [0.717, 1.165) is 31.9 Å². The zero-order chi connectivity index (χ0) is 19.5. The second-order valence-electron chi connectivity index (χ2n) is 6.46. The van der Waals surface area contributed by atoms with Gasteiger partial charge in [0.05, 0.1) is 17.4 Å². The number of nitrogens with zero attached hydrogens (tertiary/aromatic N) is 9. The van der Waals surface area contributed by atoms with Crippen molar-refractivity contribution in [2.24, 2.45) is 0 Å². The van der Waals surface area contributed by atoms with Crippen molar-refractivity contribution in [1.29, 1.82) is 5.26 Å². The number of rotatable bonds is 4. The molecule has 9 nitrogen and oxygen atoms in total. The van der Waals surface area contributed by atoms with Crippen molar-refractivity contribution >= 4 is 17.5 Å². The van der Waals surface area contributed by atoms with Crippen LogP contribution in [0.1, 0.15) is 24.4 Å². The first-order valence-electron chi connectivity index (χ1n) is 8.91. The minimum Gasteiger partial charge on any atom is -0.336 e. The summed E-state index contributed by atoms with van der Waals surface area (Å²) in [6.45, 7) is 5.16. The first kappa shape index (κ1) is 18.3. The van der Waals surface area contributed by atoms with Gasteiger partial charge >= 0.3 is 0 Å². The van der Waals surface area contributed by atoms with Crippen molar-refractivity contribution in [1.82, 2.24) is 35.1 Å². The van der Waals surface area contributed by atoms with Crippen molar-refractivity contribution in [3.63, 3.8) is 0 Å². The Morgan fingerprint density at radius 1 is 1.14 bits per heavy atom. The third kappa shape index (κ3) is 3.65. The van der Waals surface area contributed by atoms with Gasteiger partial charge in [-0.1, -0.05) is 22.8 Å². The van der Waals surface area contributed by atoms with Crippen LogP contribution in [0.2, 0.25) is 5.02 Å². The fourth-order valence-corrected chi connectivity index (χ4v) is 3.45. The predicted molar refractivity (Wildman–Crippen MR) is 103 cm³/mol. The lowest BCUT2D eigenvalue weighted by Gasteiger charge is -2.37. The standard InChI is InChI=1S/C18H18ClN9/c1-13(17-16(12-20)21-5-6-22-17)26-7-9-27(10-8-26)18-23-25-28(24-18)15-4-2-3-14(19)11-15/h2-6,11,13H,7-10H2,1H3. The summed E-state index contributed by atoms with van der Waals surface area (Å²) in [4.78, 5) is 14.3. The number of anilines is 1. The third-order valence-corrected chi connectivity index (χ3v) is 5.05. The molecule has 2 aromatic heterocycles. The summed E-state index contributed by atoms with van der Waals surface area (Å²) in [6, 6.07) is 9.46. The molecule has 142 valence electrons. The molecule has 0 bridgehead atoms. The van der Waals surface area contributed by atoms with Gasteiger partial charge < -0.3 is 4.90 Å². The fourth-order valence-electron chi connectivity index (χ4n) is 3.27. The van der Waals surface area contributed by atoms with E-state index >= 15 is 0 Å². The molecule has 1 unspecified atom stereocenters. The van der Waals surface area contributed by atoms with Crippen molar-refractivity contribution in [2.45, 2.75) is 13.0 Å². The fraction of sp³-hybridized carbons (Fsp3) is 0.333. The van der Waals surface area contributed by atoms with Crippen molar-refractivity contribution in [3.8, 4) is 11.8 Å². The number of halogens is 1. The van der Waals surface area contributed by atoms with Crippen LogP contribution in [0.5, 0.6) is 0 Å². The quantitative estimate of drug-likeness (QED) is 0.660. The van der Waals surface area contributed by atoms with E-state index in [0.29, 0.717) is 22.4 Å². The van der Waals surface area contributed by atoms with E-state index in [-0.39, 0.29) is 6.04 Å². The van der Waals surface area contributed by atoms with Crippen LogP contribution in [0.3, 0.4) is 0 Å². The summed E-state index contributed by atoms with van der Waals surface area (Å²) in [5, 5.41) is 22.7. The molecule has 1 aliphatic rings. The Bertz CT molecular complexity index is 1000. The van der Waals surface area contributed by atoms with Crippen LogP contribution >= 0.6 is 11.6 Å². The van der Waals surface area contributed by atoms with Gasteiger partial charge in [-0.05, 0) is 30.3 Å². The Morgan fingerprint density at radius 2 is 1.93 bits per heavy atom. The monoisotopic (exact) mass is 395 g/mol. The van der Waals surface area contributed by atoms with Crippen molar-refractivity contribution in [3.05, 3.63) is 53.1 Å². The second kappa shape index (κ2) is 7.88. The Hall–Kier alpha value is -3.09. The Kier molecular flexibility index (Phi) is 5.14. The third-order valence-electron chi connectivity index (χ3n) is 4.82. The Morgan fingerprint density at radius 3 is 2.68 bits per heavy atom. The van der Waals surface area contributed by atoms with Gasteiger partial charge in [0.2, 0.25) is 0 Å². The largest absolute Gasteiger partial charge is 0.336 e. The van der Waals surface area contributed by atoms with Crippen molar-refractivity contribution in [2.75, 3.05) is 31.1 Å². The molecule has 28 heavy (non-hydrogen) atoms. The summed E-state index contributed by atoms with van der Waals surface area (Å²) in [6.07, 6.45) is 3.17. The van der Waals surface area contributed by atoms with E-state index in [1.54, 1.807) is 24.5 Å². The van der Waals surface area contributed by atoms with E-state index in [4.69, 9.17) is 11.6 Å². The Labute approximate surface area is 167 Å². The molecular formula is C18H18ClN9. The SMILES string of the molecule is CC(c1nccnc1C#N)N1CCN(c2nnn(-c3cccc(Cl)c3)n2)CC1. The van der Waals surface area contributed by atoms with E-state index in [2.05, 4.69) is 41.2 Å². The zero-order valence-electron chi connectivity index (χ0n) is 15.3. The lowest BCUT2D eigenvalue weighted by Crippen LogP contribution is -2.47. The average molecular weight is 396 g/mol. The lowest BCUT2D eigenvalue weighted by molar-refractivity contribution is 0.194. The number of piperazine rings is 1. The number of hydrogen-bond donors (Lipinski definition) is 0. The van der Waals surface area contributed by atoms with Gasteiger partial charge in [0.1, 0.15) is 6.07 Å². The number of aromatic nitrogens is 6. The summed E-state index contributed by atoms with van der Waals surface area (Å²) in [5.41, 5.74) is 1.86. The molecule has 1 atom stereocenters. The molecule has 0 aliphatic carbocycles. The molecule has 0 saturated carbocycles. The van der Waals surface area contributed by atoms with Gasteiger partial charge in [-0.15, -0.1) is 9.90 Å². The van der Waals surface area contributed by atoms with Gasteiger partial charge in [0.25, 0.3) is 5.95 Å². The molecule has 3 aromatic rings. The van der Waals surface area contributed by atoms with Gasteiger partial charge in [0, 0.05) is 43.6 Å². The van der Waals surface area contributed by atoms with Crippen LogP contribution in [-0.4, -0.2) is 61.3 Å². The van der Waals surface area contributed by atoms with E-state index in [9.17, 15) is 5.26 Å². The summed E-state index contributed by atoms with van der Waals surface area (Å²) >= 11 is 6.03. The normalized spacial score (nSPS) is 16.0. The Balaban J connectivity index is 1.43. The molecule has 0 radical (unpaired) electrons. The molecule has 0 amide bonds. The first-order chi connectivity index (χ1) is 13.7. The average Bonchev–Trinajstić information content (AvgIpc) is 3.24. The first-order valence-corrected chi connectivity index (χ1v) is 9.29. The zero-order valence-corrected chi connectivity index (χ0v) is 16.0. The molecule has 1 saturated heterocycles. The van der Waals surface area contributed by atoms with E-state index in [1.807, 2.05) is 19.1 Å². The van der Waals surface area contributed by atoms with Crippen LogP contribution in [0, 0.1) is 11.3 Å². The molecule has 10 heteroatoms. The number of hydrogen-bond acceptors (Lipinski definition) is 8. The highest BCUT2D eigenvalue weighted by molar-refractivity contribution is 6.30. The molecule has 0 spiro atoms. The van der Waals surface area contributed by atoms with E-state index in [1.165, 1.54) is 4.80 Å². The summed E-state index contributed by atoms with van der Waals surface area (Å²) in [7, 11) is 0. The van der Waals surface area contributed by atoms with Crippen LogP contribution in [0.25, 0.3) is 5.69 Å². The van der Waals surface area contributed by atoms with Gasteiger partial charge in [0.15, 0.2) is 5.69 Å². The van der Waals surface area contributed by atoms with E-state index < -0.39 is 0 Å². The number of tetrazole rings is 1. The molecular weight excluding hydrogens is 378 g/mol. The highest BCUT2D eigenvalue weighted by Gasteiger charge is 2.26. The lowest BCUT2D eigenvalue weighted by atomic mass is 10.1. The minimum atomic E-state index is 0.0144. The maximum atomic E-state index is 9.26. The molecule has 4 rings (SSSR count). The molecule has 1 aliphatic heterocycles. The highest BCUT2D eigenvalue weighted by Crippen LogP contribution is 2.23. The maximum absolute atomic E-state index is 9.26. The predicted octanol–water partition coefficient (Wildman–Crippen LogP) is 1.86. The summed E-state index contributed by atoms with van der Waals surface area (Å²) < 4.78 is 0. The number of nitriles is 1. The molecule has 0 N–H and O–H groups in total. The maximum Gasteiger partial charge on any atom is 0.266 e. The second-order valence-corrected chi connectivity index (χ2v) is 6.90. The molecule has 1 aromatic carbocycles.